The van der Waals surface area contributed by atoms with Crippen LogP contribution in [0.1, 0.15) is 24.5 Å². The van der Waals surface area contributed by atoms with E-state index in [0.29, 0.717) is 6.54 Å². The molecule has 3 heteroatoms. The van der Waals surface area contributed by atoms with Gasteiger partial charge in [-0.1, -0.05) is 43.8 Å². The zero-order chi connectivity index (χ0) is 11.3. The molecular formula is C12H18NO2+. The Hall–Kier alpha value is -1.16. The van der Waals surface area contributed by atoms with E-state index in [1.165, 1.54) is 0 Å². The van der Waals surface area contributed by atoms with Crippen molar-refractivity contribution in [3.05, 3.63) is 42.0 Å². The average Bonchev–Trinajstić information content (AvgIpc) is 2.18. The molecule has 1 aromatic carbocycles. The Morgan fingerprint density at radius 1 is 1.27 bits per heavy atom. The largest absolute Gasteiger partial charge is 0.182 e. The SMILES string of the molecule is C=Cc1ccc(C[N+](O)(O)CCC)cc1. The van der Waals surface area contributed by atoms with E-state index in [1.807, 2.05) is 31.2 Å². The summed E-state index contributed by atoms with van der Waals surface area (Å²) in [5, 5.41) is 19.1. The molecule has 0 aliphatic rings. The second-order valence-electron chi connectivity index (χ2n) is 3.71. The van der Waals surface area contributed by atoms with Crippen LogP contribution in [0.3, 0.4) is 0 Å². The fourth-order valence-electron chi connectivity index (χ4n) is 1.49. The highest BCUT2D eigenvalue weighted by atomic mass is 16.8. The molecule has 15 heavy (non-hydrogen) atoms. The molecule has 0 radical (unpaired) electrons. The van der Waals surface area contributed by atoms with Gasteiger partial charge in [0.2, 0.25) is 0 Å². The van der Waals surface area contributed by atoms with Gasteiger partial charge in [-0.05, 0) is 16.8 Å². The van der Waals surface area contributed by atoms with Crippen LogP contribution in [-0.2, 0) is 6.54 Å². The third-order valence-corrected chi connectivity index (χ3v) is 2.23. The molecule has 1 aromatic rings. The summed E-state index contributed by atoms with van der Waals surface area (Å²) >= 11 is 0. The number of hydrogen-bond acceptors (Lipinski definition) is 2. The van der Waals surface area contributed by atoms with Crippen LogP contribution in [0.4, 0.5) is 0 Å². The van der Waals surface area contributed by atoms with Crippen molar-refractivity contribution in [1.29, 1.82) is 0 Å². The topological polar surface area (TPSA) is 40.5 Å². The second kappa shape index (κ2) is 5.07. The van der Waals surface area contributed by atoms with Gasteiger partial charge in [-0.25, -0.2) is 0 Å². The Bertz CT molecular complexity index is 317. The van der Waals surface area contributed by atoms with Gasteiger partial charge in [0.15, 0.2) is 6.54 Å². The van der Waals surface area contributed by atoms with E-state index in [9.17, 15) is 10.4 Å². The highest BCUT2D eigenvalue weighted by Crippen LogP contribution is 2.11. The van der Waals surface area contributed by atoms with Gasteiger partial charge in [-0.15, -0.1) is 0 Å². The van der Waals surface area contributed by atoms with Crippen molar-refractivity contribution in [2.24, 2.45) is 0 Å². The molecule has 0 amide bonds. The van der Waals surface area contributed by atoms with Crippen LogP contribution in [0, 0.1) is 0 Å². The van der Waals surface area contributed by atoms with Crippen molar-refractivity contribution in [2.45, 2.75) is 19.9 Å². The molecule has 3 nitrogen and oxygen atoms in total. The summed E-state index contributed by atoms with van der Waals surface area (Å²) in [6, 6.07) is 7.58. The normalized spacial score (nSPS) is 11.4. The summed E-state index contributed by atoms with van der Waals surface area (Å²) in [7, 11) is 0. The summed E-state index contributed by atoms with van der Waals surface area (Å²) < 4.78 is 0. The Morgan fingerprint density at radius 2 is 1.87 bits per heavy atom. The fraction of sp³-hybridized carbons (Fsp3) is 0.333. The van der Waals surface area contributed by atoms with Gasteiger partial charge in [0.25, 0.3) is 0 Å². The molecule has 0 aliphatic carbocycles. The first kappa shape index (κ1) is 11.9. The van der Waals surface area contributed by atoms with Crippen LogP contribution in [-0.4, -0.2) is 21.8 Å². The molecule has 0 aromatic heterocycles. The third-order valence-electron chi connectivity index (χ3n) is 2.23. The first-order valence-electron chi connectivity index (χ1n) is 5.11. The summed E-state index contributed by atoms with van der Waals surface area (Å²) in [6.45, 7) is 6.13. The lowest BCUT2D eigenvalue weighted by atomic mass is 10.1. The molecule has 0 atom stereocenters. The summed E-state index contributed by atoms with van der Waals surface area (Å²) in [5.41, 5.74) is 1.93. The second-order valence-corrected chi connectivity index (χ2v) is 3.71. The number of benzene rings is 1. The van der Waals surface area contributed by atoms with Gasteiger partial charge >= 0.3 is 0 Å². The number of hydrogen-bond donors (Lipinski definition) is 2. The highest BCUT2D eigenvalue weighted by Gasteiger charge is 2.21. The number of rotatable bonds is 5. The monoisotopic (exact) mass is 208 g/mol. The summed E-state index contributed by atoms with van der Waals surface area (Å²) in [4.78, 5) is -0.941. The molecular weight excluding hydrogens is 190 g/mol. The Balaban J connectivity index is 2.68. The lowest BCUT2D eigenvalue weighted by Gasteiger charge is -2.20. The maximum absolute atomic E-state index is 9.57. The molecule has 0 saturated carbocycles. The molecule has 0 heterocycles. The van der Waals surface area contributed by atoms with Crippen LogP contribution in [0.15, 0.2) is 30.8 Å². The predicted molar refractivity (Wildman–Crippen MR) is 59.2 cm³/mol. The summed E-state index contributed by atoms with van der Waals surface area (Å²) in [5.74, 6) is 0. The van der Waals surface area contributed by atoms with Gasteiger partial charge < -0.3 is 0 Å². The van der Waals surface area contributed by atoms with Gasteiger partial charge in [0, 0.05) is 5.56 Å². The van der Waals surface area contributed by atoms with Crippen molar-refractivity contribution >= 4 is 6.08 Å². The fourth-order valence-corrected chi connectivity index (χ4v) is 1.49. The predicted octanol–water partition coefficient (Wildman–Crippen LogP) is 2.83. The minimum Gasteiger partial charge on any atom is -0.182 e. The lowest BCUT2D eigenvalue weighted by Crippen LogP contribution is -2.40. The molecule has 0 aliphatic heterocycles. The van der Waals surface area contributed by atoms with Crippen LogP contribution in [0.2, 0.25) is 0 Å². The maximum Gasteiger partial charge on any atom is 0.167 e. The smallest absolute Gasteiger partial charge is 0.167 e. The van der Waals surface area contributed by atoms with Crippen LogP contribution in [0.25, 0.3) is 6.08 Å². The van der Waals surface area contributed by atoms with Gasteiger partial charge in [0.05, 0.1) is 0 Å². The zero-order valence-corrected chi connectivity index (χ0v) is 9.06. The van der Waals surface area contributed by atoms with E-state index in [2.05, 4.69) is 6.58 Å². The van der Waals surface area contributed by atoms with Crippen molar-refractivity contribution in [3.63, 3.8) is 0 Å². The number of nitrogens with zero attached hydrogens (tertiary/aromatic N) is 1. The van der Waals surface area contributed by atoms with E-state index in [0.717, 1.165) is 17.5 Å². The van der Waals surface area contributed by atoms with Gasteiger partial charge in [-0.2, -0.15) is 10.4 Å². The molecule has 1 rings (SSSR count). The molecule has 2 N–H and O–H groups in total. The van der Waals surface area contributed by atoms with Crippen molar-refractivity contribution in [1.82, 2.24) is 0 Å². The average molecular weight is 208 g/mol. The first-order chi connectivity index (χ1) is 7.07. The number of hydroxylamine groups is 4. The van der Waals surface area contributed by atoms with Crippen molar-refractivity contribution < 1.29 is 15.2 Å². The molecule has 82 valence electrons. The molecule has 0 saturated heterocycles. The van der Waals surface area contributed by atoms with E-state index >= 15 is 0 Å². The van der Waals surface area contributed by atoms with E-state index < -0.39 is 4.81 Å². The van der Waals surface area contributed by atoms with Crippen molar-refractivity contribution in [2.75, 3.05) is 6.54 Å². The molecule has 0 unspecified atom stereocenters. The van der Waals surface area contributed by atoms with Crippen LogP contribution >= 0.6 is 0 Å². The number of quaternary nitrogens is 1. The minimum absolute atomic E-state index is 0.214. The van der Waals surface area contributed by atoms with Gasteiger partial charge in [0.1, 0.15) is 6.54 Å². The van der Waals surface area contributed by atoms with Crippen LogP contribution < -0.4 is 0 Å². The van der Waals surface area contributed by atoms with Crippen LogP contribution in [0.5, 0.6) is 0 Å². The standard InChI is InChI=1S/C12H18NO2/c1-3-9-13(14,15)10-12-7-5-11(4-2)6-8-12/h4-8,14-15H,2-3,9-10H2,1H3/q+1. The summed E-state index contributed by atoms with van der Waals surface area (Å²) in [6.07, 6.45) is 2.49. The lowest BCUT2D eigenvalue weighted by molar-refractivity contribution is -1.25. The van der Waals surface area contributed by atoms with E-state index in [-0.39, 0.29) is 6.54 Å². The quantitative estimate of drug-likeness (QED) is 0.577. The molecule has 0 bridgehead atoms. The van der Waals surface area contributed by atoms with Crippen molar-refractivity contribution in [3.8, 4) is 0 Å². The highest BCUT2D eigenvalue weighted by molar-refractivity contribution is 5.47. The Morgan fingerprint density at radius 3 is 2.33 bits per heavy atom. The molecule has 0 spiro atoms. The molecule has 0 fully saturated rings. The minimum atomic E-state index is -0.941. The van der Waals surface area contributed by atoms with E-state index in [4.69, 9.17) is 0 Å². The van der Waals surface area contributed by atoms with E-state index in [1.54, 1.807) is 6.08 Å². The third kappa shape index (κ3) is 3.83. The first-order valence-corrected chi connectivity index (χ1v) is 5.11. The Kier molecular flexibility index (Phi) is 4.03. The Labute approximate surface area is 90.4 Å². The van der Waals surface area contributed by atoms with Gasteiger partial charge in [-0.3, -0.25) is 0 Å². The maximum atomic E-state index is 9.57. The zero-order valence-electron chi connectivity index (χ0n) is 9.06.